The Kier molecular flexibility index (Phi) is 6.16. The molecule has 0 bridgehead atoms. The van der Waals surface area contributed by atoms with Crippen LogP contribution in [0.1, 0.15) is 47.5 Å². The zero-order valence-electron chi connectivity index (χ0n) is 11.3. The van der Waals surface area contributed by atoms with Crippen LogP contribution in [0, 0.1) is 5.41 Å². The molecule has 0 aromatic rings. The number of carbonyl (C=O) groups is 1. The maximum Gasteiger partial charge on any atom is 0.217 e. The van der Waals surface area contributed by atoms with Crippen LogP contribution < -0.4 is 10.6 Å². The third-order valence-electron chi connectivity index (χ3n) is 2.58. The Balaban J connectivity index is 4.23. The maximum atomic E-state index is 11.1. The van der Waals surface area contributed by atoms with Crippen molar-refractivity contribution >= 4 is 5.91 Å². The van der Waals surface area contributed by atoms with Gasteiger partial charge >= 0.3 is 0 Å². The van der Waals surface area contributed by atoms with E-state index in [9.17, 15) is 4.79 Å². The second kappa shape index (κ2) is 6.56. The summed E-state index contributed by atoms with van der Waals surface area (Å²) in [4.78, 5) is 11.1. The van der Waals surface area contributed by atoms with Gasteiger partial charge in [0.2, 0.25) is 5.91 Å². The molecule has 0 spiro atoms. The van der Waals surface area contributed by atoms with E-state index in [0.717, 1.165) is 25.1 Å². The van der Waals surface area contributed by atoms with Crippen molar-refractivity contribution in [2.45, 2.75) is 53.5 Å². The standard InChI is InChI=1S/C13H26N2O/c1-7-14-10(2)8-9-12(13(4,5)6)15-11(3)16/h12,14H,2,7-9H2,1,3-6H3,(H,15,16). The van der Waals surface area contributed by atoms with Gasteiger partial charge in [0.1, 0.15) is 0 Å². The number of amides is 1. The lowest BCUT2D eigenvalue weighted by Gasteiger charge is -2.31. The molecular formula is C13H26N2O. The van der Waals surface area contributed by atoms with E-state index in [4.69, 9.17) is 0 Å². The summed E-state index contributed by atoms with van der Waals surface area (Å²) >= 11 is 0. The third kappa shape index (κ3) is 6.49. The number of rotatable bonds is 6. The first-order valence-electron chi connectivity index (χ1n) is 5.96. The lowest BCUT2D eigenvalue weighted by molar-refractivity contribution is -0.120. The molecule has 1 amide bonds. The molecule has 0 saturated carbocycles. The van der Waals surface area contributed by atoms with Gasteiger partial charge in [0.05, 0.1) is 0 Å². The van der Waals surface area contributed by atoms with E-state index in [1.807, 2.05) is 0 Å². The Bertz CT molecular complexity index is 241. The summed E-state index contributed by atoms with van der Waals surface area (Å²) in [5, 5.41) is 6.21. The van der Waals surface area contributed by atoms with Crippen molar-refractivity contribution in [3.8, 4) is 0 Å². The van der Waals surface area contributed by atoms with Gasteiger partial charge in [-0.3, -0.25) is 4.79 Å². The summed E-state index contributed by atoms with van der Waals surface area (Å²) < 4.78 is 0. The molecular weight excluding hydrogens is 200 g/mol. The quantitative estimate of drug-likeness (QED) is 0.730. The van der Waals surface area contributed by atoms with Crippen molar-refractivity contribution in [3.05, 3.63) is 12.3 Å². The molecule has 0 aliphatic heterocycles. The van der Waals surface area contributed by atoms with Crippen LogP contribution in [0.5, 0.6) is 0 Å². The van der Waals surface area contributed by atoms with Gasteiger partial charge in [-0.15, -0.1) is 0 Å². The van der Waals surface area contributed by atoms with Crippen molar-refractivity contribution in [2.24, 2.45) is 5.41 Å². The molecule has 0 heterocycles. The van der Waals surface area contributed by atoms with Crippen molar-refractivity contribution in [1.82, 2.24) is 10.6 Å². The fourth-order valence-electron chi connectivity index (χ4n) is 1.62. The first-order valence-corrected chi connectivity index (χ1v) is 5.96. The fourth-order valence-corrected chi connectivity index (χ4v) is 1.62. The van der Waals surface area contributed by atoms with Crippen LogP contribution in [0.15, 0.2) is 12.3 Å². The Morgan fingerprint density at radius 1 is 1.38 bits per heavy atom. The normalized spacial score (nSPS) is 13.1. The maximum absolute atomic E-state index is 11.1. The van der Waals surface area contributed by atoms with Crippen LogP contribution in [-0.4, -0.2) is 18.5 Å². The van der Waals surface area contributed by atoms with E-state index in [2.05, 4.69) is 44.9 Å². The summed E-state index contributed by atoms with van der Waals surface area (Å²) in [5.74, 6) is 0.0361. The molecule has 0 radical (unpaired) electrons. The Morgan fingerprint density at radius 2 is 1.94 bits per heavy atom. The highest BCUT2D eigenvalue weighted by molar-refractivity contribution is 5.73. The molecule has 94 valence electrons. The monoisotopic (exact) mass is 226 g/mol. The molecule has 2 N–H and O–H groups in total. The first kappa shape index (κ1) is 15.0. The summed E-state index contributed by atoms with van der Waals surface area (Å²) in [6, 6.07) is 0.195. The van der Waals surface area contributed by atoms with Crippen molar-refractivity contribution in [2.75, 3.05) is 6.54 Å². The zero-order chi connectivity index (χ0) is 12.8. The highest BCUT2D eigenvalue weighted by Gasteiger charge is 2.24. The number of carbonyl (C=O) groups excluding carboxylic acids is 1. The van der Waals surface area contributed by atoms with Crippen LogP contribution in [0.2, 0.25) is 0 Å². The van der Waals surface area contributed by atoms with Crippen LogP contribution in [0.4, 0.5) is 0 Å². The minimum atomic E-state index is 0.0361. The number of allylic oxidation sites excluding steroid dienone is 1. The van der Waals surface area contributed by atoms with Crippen molar-refractivity contribution in [3.63, 3.8) is 0 Å². The molecule has 16 heavy (non-hydrogen) atoms. The average Bonchev–Trinajstić information content (AvgIpc) is 2.10. The molecule has 1 unspecified atom stereocenters. The van der Waals surface area contributed by atoms with Gasteiger partial charge in [-0.05, 0) is 25.2 Å². The second-order valence-corrected chi connectivity index (χ2v) is 5.29. The average molecular weight is 226 g/mol. The van der Waals surface area contributed by atoms with E-state index in [-0.39, 0.29) is 17.4 Å². The topological polar surface area (TPSA) is 41.1 Å². The highest BCUT2D eigenvalue weighted by Crippen LogP contribution is 2.23. The molecule has 0 rings (SSSR count). The van der Waals surface area contributed by atoms with Gasteiger partial charge in [0, 0.05) is 25.2 Å². The van der Waals surface area contributed by atoms with E-state index < -0.39 is 0 Å². The third-order valence-corrected chi connectivity index (χ3v) is 2.58. The van der Waals surface area contributed by atoms with Crippen LogP contribution in [0.3, 0.4) is 0 Å². The minimum Gasteiger partial charge on any atom is -0.389 e. The van der Waals surface area contributed by atoms with Gasteiger partial charge in [-0.1, -0.05) is 27.4 Å². The van der Waals surface area contributed by atoms with Crippen LogP contribution in [0.25, 0.3) is 0 Å². The van der Waals surface area contributed by atoms with Crippen molar-refractivity contribution < 1.29 is 4.79 Å². The molecule has 3 heteroatoms. The first-order chi connectivity index (χ1) is 7.27. The van der Waals surface area contributed by atoms with Crippen LogP contribution in [-0.2, 0) is 4.79 Å². The zero-order valence-corrected chi connectivity index (χ0v) is 11.3. The molecule has 0 aromatic carbocycles. The van der Waals surface area contributed by atoms with E-state index in [1.54, 1.807) is 6.92 Å². The number of nitrogens with one attached hydrogen (secondary N) is 2. The van der Waals surface area contributed by atoms with Gasteiger partial charge < -0.3 is 10.6 Å². The molecule has 3 nitrogen and oxygen atoms in total. The summed E-state index contributed by atoms with van der Waals surface area (Å²) in [7, 11) is 0. The molecule has 0 aliphatic rings. The fraction of sp³-hybridized carbons (Fsp3) is 0.769. The lowest BCUT2D eigenvalue weighted by Crippen LogP contribution is -2.42. The lowest BCUT2D eigenvalue weighted by atomic mass is 9.83. The summed E-state index contributed by atoms with van der Waals surface area (Å²) in [6.45, 7) is 14.9. The molecule has 0 aromatic heterocycles. The van der Waals surface area contributed by atoms with E-state index in [1.165, 1.54) is 0 Å². The minimum absolute atomic E-state index is 0.0361. The largest absolute Gasteiger partial charge is 0.389 e. The Labute approximate surface area is 99.7 Å². The van der Waals surface area contributed by atoms with E-state index >= 15 is 0 Å². The van der Waals surface area contributed by atoms with E-state index in [0.29, 0.717) is 0 Å². The Hall–Kier alpha value is -0.990. The molecule has 0 fully saturated rings. The number of hydrogen-bond donors (Lipinski definition) is 2. The van der Waals surface area contributed by atoms with Gasteiger partial charge in [-0.25, -0.2) is 0 Å². The summed E-state index contributed by atoms with van der Waals surface area (Å²) in [5.41, 5.74) is 1.13. The van der Waals surface area contributed by atoms with Gasteiger partial charge in [0.15, 0.2) is 0 Å². The predicted molar refractivity (Wildman–Crippen MR) is 69.1 cm³/mol. The molecule has 0 saturated heterocycles. The number of hydrogen-bond acceptors (Lipinski definition) is 2. The molecule has 0 aliphatic carbocycles. The highest BCUT2D eigenvalue weighted by atomic mass is 16.1. The summed E-state index contributed by atoms with van der Waals surface area (Å²) in [6.07, 6.45) is 1.82. The van der Waals surface area contributed by atoms with Crippen molar-refractivity contribution in [1.29, 1.82) is 0 Å². The smallest absolute Gasteiger partial charge is 0.217 e. The van der Waals surface area contributed by atoms with Gasteiger partial charge in [-0.2, -0.15) is 0 Å². The Morgan fingerprint density at radius 3 is 2.31 bits per heavy atom. The molecule has 1 atom stereocenters. The van der Waals surface area contributed by atoms with Crippen LogP contribution >= 0.6 is 0 Å². The SMILES string of the molecule is C=C(CCC(NC(C)=O)C(C)(C)C)NCC. The van der Waals surface area contributed by atoms with Gasteiger partial charge in [0.25, 0.3) is 0 Å². The predicted octanol–water partition coefficient (Wildman–Crippen LogP) is 2.44. The second-order valence-electron chi connectivity index (χ2n) is 5.29.